The maximum absolute atomic E-state index is 10.7. The summed E-state index contributed by atoms with van der Waals surface area (Å²) in [6, 6.07) is 6.30. The number of nitro groups is 1. The molecule has 0 fully saturated rings. The van der Waals surface area contributed by atoms with Crippen molar-refractivity contribution in [1.82, 2.24) is 0 Å². The van der Waals surface area contributed by atoms with Crippen LogP contribution in [0.4, 0.5) is 11.4 Å². The standard InChI is InChI=1S/C14H20N4O2/c1-14(2,10-17(3)4)9-16-13-6-5-12(18(19)20)7-11(13)8-15/h5-7,16H,9-10H2,1-4H3/p+1. The predicted molar refractivity (Wildman–Crippen MR) is 77.8 cm³/mol. The van der Waals surface area contributed by atoms with Gasteiger partial charge >= 0.3 is 0 Å². The number of non-ortho nitro benzene ring substituents is 1. The van der Waals surface area contributed by atoms with Crippen molar-refractivity contribution in [3.8, 4) is 6.07 Å². The minimum Gasteiger partial charge on any atom is -0.383 e. The molecule has 0 aliphatic heterocycles. The first-order valence-corrected chi connectivity index (χ1v) is 6.46. The number of nitrogens with one attached hydrogen (secondary N) is 2. The van der Waals surface area contributed by atoms with Crippen LogP contribution < -0.4 is 10.2 Å². The van der Waals surface area contributed by atoms with E-state index in [1.165, 1.54) is 17.0 Å². The summed E-state index contributed by atoms with van der Waals surface area (Å²) in [5, 5.41) is 23.0. The number of nitrogens with zero attached hydrogens (tertiary/aromatic N) is 2. The van der Waals surface area contributed by atoms with Gasteiger partial charge < -0.3 is 10.2 Å². The summed E-state index contributed by atoms with van der Waals surface area (Å²) in [5.74, 6) is 0. The third-order valence-electron chi connectivity index (χ3n) is 2.92. The molecule has 0 spiro atoms. The van der Waals surface area contributed by atoms with E-state index in [1.807, 2.05) is 6.07 Å². The molecule has 0 saturated carbocycles. The maximum Gasteiger partial charge on any atom is 0.270 e. The molecule has 0 aromatic heterocycles. The Morgan fingerprint density at radius 2 is 2.10 bits per heavy atom. The first kappa shape index (κ1) is 15.9. The lowest BCUT2D eigenvalue weighted by Crippen LogP contribution is -3.07. The van der Waals surface area contributed by atoms with Gasteiger partial charge in [0.1, 0.15) is 6.07 Å². The molecule has 0 radical (unpaired) electrons. The molecule has 0 aliphatic rings. The minimum atomic E-state index is -0.496. The third kappa shape index (κ3) is 4.52. The van der Waals surface area contributed by atoms with Gasteiger partial charge in [-0.2, -0.15) is 5.26 Å². The van der Waals surface area contributed by atoms with Crippen molar-refractivity contribution in [2.45, 2.75) is 13.8 Å². The lowest BCUT2D eigenvalue weighted by atomic mass is 9.92. The van der Waals surface area contributed by atoms with Crippen molar-refractivity contribution in [2.24, 2.45) is 5.41 Å². The number of rotatable bonds is 6. The first-order valence-electron chi connectivity index (χ1n) is 6.46. The molecule has 0 unspecified atom stereocenters. The van der Waals surface area contributed by atoms with Gasteiger partial charge in [-0.3, -0.25) is 10.1 Å². The van der Waals surface area contributed by atoms with Crippen molar-refractivity contribution >= 4 is 11.4 Å². The lowest BCUT2D eigenvalue weighted by molar-refractivity contribution is -0.865. The monoisotopic (exact) mass is 277 g/mol. The maximum atomic E-state index is 10.7. The van der Waals surface area contributed by atoms with Crippen molar-refractivity contribution in [1.29, 1.82) is 5.26 Å². The Morgan fingerprint density at radius 3 is 2.60 bits per heavy atom. The van der Waals surface area contributed by atoms with Crippen LogP contribution in [0, 0.1) is 26.9 Å². The zero-order chi connectivity index (χ0) is 15.3. The Bertz CT molecular complexity index is 532. The fraction of sp³-hybridized carbons (Fsp3) is 0.500. The third-order valence-corrected chi connectivity index (χ3v) is 2.92. The van der Waals surface area contributed by atoms with E-state index in [9.17, 15) is 10.1 Å². The van der Waals surface area contributed by atoms with Gasteiger partial charge in [-0.05, 0) is 6.07 Å². The average Bonchev–Trinajstić information content (AvgIpc) is 2.34. The van der Waals surface area contributed by atoms with Crippen molar-refractivity contribution in [3.05, 3.63) is 33.9 Å². The molecule has 1 aromatic carbocycles. The molecule has 0 aliphatic carbocycles. The van der Waals surface area contributed by atoms with E-state index < -0.39 is 4.92 Å². The van der Waals surface area contributed by atoms with Crippen LogP contribution in [-0.2, 0) is 0 Å². The van der Waals surface area contributed by atoms with Crippen LogP contribution >= 0.6 is 0 Å². The molecule has 6 nitrogen and oxygen atoms in total. The lowest BCUT2D eigenvalue weighted by Gasteiger charge is -2.26. The molecular formula is C14H21N4O2+. The van der Waals surface area contributed by atoms with Gasteiger partial charge in [0, 0.05) is 24.1 Å². The van der Waals surface area contributed by atoms with Gasteiger partial charge in [-0.1, -0.05) is 13.8 Å². The number of nitriles is 1. The highest BCUT2D eigenvalue weighted by Gasteiger charge is 2.22. The number of benzene rings is 1. The zero-order valence-electron chi connectivity index (χ0n) is 12.4. The summed E-state index contributed by atoms with van der Waals surface area (Å²) < 4.78 is 0. The Kier molecular flexibility index (Phi) is 5.06. The van der Waals surface area contributed by atoms with Crippen LogP contribution in [0.3, 0.4) is 0 Å². The second-order valence-corrected chi connectivity index (χ2v) is 6.00. The van der Waals surface area contributed by atoms with E-state index in [-0.39, 0.29) is 11.1 Å². The van der Waals surface area contributed by atoms with Crippen LogP contribution in [0.1, 0.15) is 19.4 Å². The molecule has 0 heterocycles. The normalized spacial score (nSPS) is 11.2. The topological polar surface area (TPSA) is 83.4 Å². The van der Waals surface area contributed by atoms with Crippen LogP contribution in [0.15, 0.2) is 18.2 Å². The van der Waals surface area contributed by atoms with E-state index in [0.29, 0.717) is 17.8 Å². The fourth-order valence-corrected chi connectivity index (χ4v) is 2.25. The first-order chi connectivity index (χ1) is 9.25. The molecule has 20 heavy (non-hydrogen) atoms. The smallest absolute Gasteiger partial charge is 0.270 e. The van der Waals surface area contributed by atoms with E-state index in [2.05, 4.69) is 33.3 Å². The summed E-state index contributed by atoms with van der Waals surface area (Å²) in [6.45, 7) is 5.97. The summed E-state index contributed by atoms with van der Waals surface area (Å²) in [4.78, 5) is 11.5. The zero-order valence-corrected chi connectivity index (χ0v) is 12.4. The van der Waals surface area contributed by atoms with Crippen LogP contribution in [0.2, 0.25) is 0 Å². The van der Waals surface area contributed by atoms with Crippen LogP contribution in [0.5, 0.6) is 0 Å². The molecule has 6 heteroatoms. The highest BCUT2D eigenvalue weighted by atomic mass is 16.6. The molecular weight excluding hydrogens is 256 g/mol. The van der Waals surface area contributed by atoms with Gasteiger partial charge in [0.2, 0.25) is 0 Å². The summed E-state index contributed by atoms with van der Waals surface area (Å²) >= 11 is 0. The van der Waals surface area contributed by atoms with Gasteiger partial charge in [-0.25, -0.2) is 0 Å². The number of hydrogen-bond donors (Lipinski definition) is 2. The van der Waals surface area contributed by atoms with Crippen LogP contribution in [0.25, 0.3) is 0 Å². The summed E-state index contributed by atoms with van der Waals surface area (Å²) in [6.07, 6.45) is 0. The number of quaternary nitrogens is 1. The number of hydrogen-bond acceptors (Lipinski definition) is 4. The molecule has 1 aromatic rings. The van der Waals surface area contributed by atoms with Gasteiger partial charge in [0.25, 0.3) is 5.69 Å². The summed E-state index contributed by atoms with van der Waals surface area (Å²) in [7, 11) is 4.18. The number of nitro benzene ring substituents is 1. The van der Waals surface area contributed by atoms with E-state index in [1.54, 1.807) is 6.07 Å². The van der Waals surface area contributed by atoms with Crippen molar-refractivity contribution in [3.63, 3.8) is 0 Å². The summed E-state index contributed by atoms with van der Waals surface area (Å²) in [5.41, 5.74) is 0.934. The Hall–Kier alpha value is -2.13. The van der Waals surface area contributed by atoms with Crippen molar-refractivity contribution < 1.29 is 9.82 Å². The molecule has 1 rings (SSSR count). The Balaban J connectivity index is 2.83. The number of anilines is 1. The Labute approximate surface area is 119 Å². The second-order valence-electron chi connectivity index (χ2n) is 6.00. The van der Waals surface area contributed by atoms with Gasteiger partial charge in [0.15, 0.2) is 0 Å². The SMILES string of the molecule is C[NH+](C)CC(C)(C)CNc1ccc([N+](=O)[O-])cc1C#N. The van der Waals surface area contributed by atoms with E-state index in [0.717, 1.165) is 6.54 Å². The average molecular weight is 277 g/mol. The molecule has 0 bridgehead atoms. The highest BCUT2D eigenvalue weighted by molar-refractivity contribution is 5.61. The highest BCUT2D eigenvalue weighted by Crippen LogP contribution is 2.23. The largest absolute Gasteiger partial charge is 0.383 e. The van der Waals surface area contributed by atoms with Gasteiger partial charge in [-0.15, -0.1) is 0 Å². The molecule has 0 atom stereocenters. The predicted octanol–water partition coefficient (Wildman–Crippen LogP) is 1.05. The fourth-order valence-electron chi connectivity index (χ4n) is 2.25. The van der Waals surface area contributed by atoms with Crippen LogP contribution in [-0.4, -0.2) is 32.1 Å². The van der Waals surface area contributed by atoms with Gasteiger partial charge in [0.05, 0.1) is 36.8 Å². The quantitative estimate of drug-likeness (QED) is 0.601. The molecule has 108 valence electrons. The Morgan fingerprint density at radius 1 is 1.45 bits per heavy atom. The van der Waals surface area contributed by atoms with E-state index >= 15 is 0 Å². The second kappa shape index (κ2) is 6.35. The minimum absolute atomic E-state index is 0.0628. The molecule has 2 N–H and O–H groups in total. The molecule has 0 amide bonds. The van der Waals surface area contributed by atoms with E-state index in [4.69, 9.17) is 5.26 Å². The molecule has 0 saturated heterocycles. The van der Waals surface area contributed by atoms with Crippen molar-refractivity contribution in [2.75, 3.05) is 32.5 Å².